The molecule has 0 aliphatic carbocycles. The van der Waals surface area contributed by atoms with Gasteiger partial charge >= 0.3 is 0 Å². The fourth-order valence-electron chi connectivity index (χ4n) is 1.90. The number of halogens is 1. The lowest BCUT2D eigenvalue weighted by Gasteiger charge is -2.24. The van der Waals surface area contributed by atoms with Gasteiger partial charge in [-0.2, -0.15) is 0 Å². The predicted octanol–water partition coefficient (Wildman–Crippen LogP) is 2.51. The van der Waals surface area contributed by atoms with Gasteiger partial charge in [-0.3, -0.25) is 0 Å². The van der Waals surface area contributed by atoms with Gasteiger partial charge in [0.25, 0.3) is 0 Å². The number of fused-ring (bicyclic) bond motifs is 1. The summed E-state index contributed by atoms with van der Waals surface area (Å²) in [5.41, 5.74) is 9.63. The number of benzene rings is 1. The van der Waals surface area contributed by atoms with Crippen molar-refractivity contribution in [3.05, 3.63) is 28.8 Å². The third-order valence-corrected chi connectivity index (χ3v) is 2.52. The smallest absolute Gasteiger partial charge is 0.126 e. The molecule has 1 aromatic rings. The van der Waals surface area contributed by atoms with Gasteiger partial charge in [-0.15, -0.1) is 12.4 Å². The molecule has 0 bridgehead atoms. The standard InChI is InChI=1S/C11H15NO.ClH/c1-7-5-8(2)11-9(6-7)10(12)3-4-13-11;/h5-6,10H,3-4,12H2,1-2H3;1H. The Morgan fingerprint density at radius 1 is 1.36 bits per heavy atom. The van der Waals surface area contributed by atoms with E-state index in [1.165, 1.54) is 16.7 Å². The van der Waals surface area contributed by atoms with Crippen LogP contribution < -0.4 is 10.5 Å². The van der Waals surface area contributed by atoms with Crippen LogP contribution in [-0.4, -0.2) is 6.61 Å². The van der Waals surface area contributed by atoms with Crippen LogP contribution in [0.15, 0.2) is 12.1 Å². The van der Waals surface area contributed by atoms with Crippen LogP contribution in [-0.2, 0) is 0 Å². The van der Waals surface area contributed by atoms with Gasteiger partial charge in [0.1, 0.15) is 5.75 Å². The molecule has 1 heterocycles. The number of ether oxygens (including phenoxy) is 1. The van der Waals surface area contributed by atoms with E-state index in [9.17, 15) is 0 Å². The van der Waals surface area contributed by atoms with E-state index in [2.05, 4.69) is 26.0 Å². The van der Waals surface area contributed by atoms with E-state index in [0.717, 1.165) is 18.8 Å². The average molecular weight is 214 g/mol. The van der Waals surface area contributed by atoms with Crippen LogP contribution >= 0.6 is 12.4 Å². The molecule has 0 spiro atoms. The van der Waals surface area contributed by atoms with Crippen molar-refractivity contribution in [2.75, 3.05) is 6.61 Å². The first-order valence-electron chi connectivity index (χ1n) is 4.68. The number of hydrogen-bond donors (Lipinski definition) is 1. The van der Waals surface area contributed by atoms with Gasteiger partial charge in [-0.05, 0) is 19.4 Å². The Labute approximate surface area is 90.9 Å². The second-order valence-corrected chi connectivity index (χ2v) is 3.74. The molecule has 14 heavy (non-hydrogen) atoms. The largest absolute Gasteiger partial charge is 0.493 e. The maximum absolute atomic E-state index is 6.00. The van der Waals surface area contributed by atoms with Gasteiger partial charge in [-0.1, -0.05) is 17.7 Å². The maximum atomic E-state index is 6.00. The van der Waals surface area contributed by atoms with Crippen LogP contribution in [0.5, 0.6) is 5.75 Å². The molecule has 1 unspecified atom stereocenters. The van der Waals surface area contributed by atoms with E-state index in [1.807, 2.05) is 0 Å². The van der Waals surface area contributed by atoms with Crippen molar-refractivity contribution in [2.24, 2.45) is 5.73 Å². The highest BCUT2D eigenvalue weighted by atomic mass is 35.5. The van der Waals surface area contributed by atoms with Crippen molar-refractivity contribution in [2.45, 2.75) is 26.3 Å². The predicted molar refractivity (Wildman–Crippen MR) is 60.2 cm³/mol. The molecule has 1 aromatic carbocycles. The van der Waals surface area contributed by atoms with E-state index in [0.29, 0.717) is 0 Å². The van der Waals surface area contributed by atoms with Gasteiger partial charge in [0.15, 0.2) is 0 Å². The molecule has 1 aliphatic heterocycles. The summed E-state index contributed by atoms with van der Waals surface area (Å²) in [6.45, 7) is 4.91. The van der Waals surface area contributed by atoms with Crippen molar-refractivity contribution in [3.63, 3.8) is 0 Å². The molecule has 3 heteroatoms. The maximum Gasteiger partial charge on any atom is 0.126 e. The van der Waals surface area contributed by atoms with Crippen LogP contribution in [0.1, 0.15) is 29.2 Å². The van der Waals surface area contributed by atoms with Gasteiger partial charge in [0.2, 0.25) is 0 Å². The first kappa shape index (κ1) is 11.3. The van der Waals surface area contributed by atoms with E-state index >= 15 is 0 Å². The minimum absolute atomic E-state index is 0. The quantitative estimate of drug-likeness (QED) is 0.719. The van der Waals surface area contributed by atoms with Gasteiger partial charge in [-0.25, -0.2) is 0 Å². The van der Waals surface area contributed by atoms with E-state index in [1.54, 1.807) is 0 Å². The van der Waals surface area contributed by atoms with E-state index in [4.69, 9.17) is 10.5 Å². The Kier molecular flexibility index (Phi) is 3.40. The molecule has 2 rings (SSSR count). The zero-order valence-corrected chi connectivity index (χ0v) is 9.36. The second kappa shape index (κ2) is 4.20. The Morgan fingerprint density at radius 2 is 2.07 bits per heavy atom. The first-order valence-corrected chi connectivity index (χ1v) is 4.68. The molecular weight excluding hydrogens is 198 g/mol. The van der Waals surface area contributed by atoms with E-state index < -0.39 is 0 Å². The second-order valence-electron chi connectivity index (χ2n) is 3.74. The molecule has 2 N–H and O–H groups in total. The SMILES string of the molecule is Cc1cc(C)c2c(c1)C(N)CCO2.Cl. The number of nitrogens with two attached hydrogens (primary N) is 1. The minimum atomic E-state index is 0. The van der Waals surface area contributed by atoms with Crippen molar-refractivity contribution in [1.82, 2.24) is 0 Å². The van der Waals surface area contributed by atoms with Gasteiger partial charge < -0.3 is 10.5 Å². The highest BCUT2D eigenvalue weighted by Gasteiger charge is 2.19. The minimum Gasteiger partial charge on any atom is -0.493 e. The van der Waals surface area contributed by atoms with Crippen LogP contribution in [0.25, 0.3) is 0 Å². The number of aryl methyl sites for hydroxylation is 2. The van der Waals surface area contributed by atoms with Crippen LogP contribution in [0.3, 0.4) is 0 Å². The highest BCUT2D eigenvalue weighted by molar-refractivity contribution is 5.85. The monoisotopic (exact) mass is 213 g/mol. The average Bonchev–Trinajstić information content (AvgIpc) is 2.07. The lowest BCUT2D eigenvalue weighted by molar-refractivity contribution is 0.267. The third-order valence-electron chi connectivity index (χ3n) is 2.52. The summed E-state index contributed by atoms with van der Waals surface area (Å²) in [5.74, 6) is 1.00. The Balaban J connectivity index is 0.000000980. The normalized spacial score (nSPS) is 19.2. The fraction of sp³-hybridized carbons (Fsp3) is 0.455. The third kappa shape index (κ3) is 1.86. The number of rotatable bonds is 0. The lowest BCUT2D eigenvalue weighted by atomic mass is 9.96. The summed E-state index contributed by atoms with van der Waals surface area (Å²) in [7, 11) is 0. The molecule has 2 nitrogen and oxygen atoms in total. The topological polar surface area (TPSA) is 35.2 Å². The summed E-state index contributed by atoms with van der Waals surface area (Å²) < 4.78 is 5.60. The van der Waals surface area contributed by atoms with Crippen molar-refractivity contribution in [3.8, 4) is 5.75 Å². The van der Waals surface area contributed by atoms with Crippen LogP contribution in [0.4, 0.5) is 0 Å². The summed E-state index contributed by atoms with van der Waals surface area (Å²) in [6.07, 6.45) is 0.926. The Hall–Kier alpha value is -0.730. The molecule has 0 fully saturated rings. The molecule has 0 saturated heterocycles. The van der Waals surface area contributed by atoms with Crippen molar-refractivity contribution in [1.29, 1.82) is 0 Å². The van der Waals surface area contributed by atoms with Crippen molar-refractivity contribution < 1.29 is 4.74 Å². The van der Waals surface area contributed by atoms with Crippen LogP contribution in [0.2, 0.25) is 0 Å². The molecule has 0 saturated carbocycles. The number of hydrogen-bond acceptors (Lipinski definition) is 2. The molecule has 1 aliphatic rings. The summed E-state index contributed by atoms with van der Waals surface area (Å²) in [6, 6.07) is 4.42. The summed E-state index contributed by atoms with van der Waals surface area (Å²) in [5, 5.41) is 0. The van der Waals surface area contributed by atoms with Crippen LogP contribution in [0, 0.1) is 13.8 Å². The summed E-state index contributed by atoms with van der Waals surface area (Å²) >= 11 is 0. The zero-order chi connectivity index (χ0) is 9.42. The van der Waals surface area contributed by atoms with Gasteiger partial charge in [0, 0.05) is 18.0 Å². The zero-order valence-electron chi connectivity index (χ0n) is 8.54. The first-order chi connectivity index (χ1) is 6.18. The fourth-order valence-corrected chi connectivity index (χ4v) is 1.90. The molecule has 1 atom stereocenters. The molecular formula is C11H16ClNO. The molecule has 78 valence electrons. The molecule has 0 radical (unpaired) electrons. The van der Waals surface area contributed by atoms with Crippen molar-refractivity contribution >= 4 is 12.4 Å². The Morgan fingerprint density at radius 3 is 2.79 bits per heavy atom. The van der Waals surface area contributed by atoms with Gasteiger partial charge in [0.05, 0.1) is 6.61 Å². The Bertz CT molecular complexity index is 338. The lowest BCUT2D eigenvalue weighted by Crippen LogP contribution is -2.21. The molecule has 0 aromatic heterocycles. The molecule has 0 amide bonds. The summed E-state index contributed by atoms with van der Waals surface area (Å²) in [4.78, 5) is 0. The van der Waals surface area contributed by atoms with E-state index in [-0.39, 0.29) is 18.4 Å². The highest BCUT2D eigenvalue weighted by Crippen LogP contribution is 2.34.